The smallest absolute Gasteiger partial charge is 0.246 e. The number of rotatable bonds is 5. The largest absolute Gasteiger partial charge is 0.395 e. The topological polar surface area (TPSA) is 58.4 Å². The molecule has 18 heavy (non-hydrogen) atoms. The number of aromatic nitrogens is 2. The van der Waals surface area contributed by atoms with Gasteiger partial charge in [-0.3, -0.25) is 9.48 Å². The van der Waals surface area contributed by atoms with Crippen LogP contribution in [0.3, 0.4) is 0 Å². The number of hydrogen-bond donors (Lipinski definition) is 1. The molecular weight excluding hydrogens is 230 g/mol. The van der Waals surface area contributed by atoms with Gasteiger partial charge in [-0.1, -0.05) is 0 Å². The molecule has 1 saturated carbocycles. The molecule has 98 valence electrons. The summed E-state index contributed by atoms with van der Waals surface area (Å²) in [6.45, 7) is 0.432. The Balaban J connectivity index is 2.00. The average molecular weight is 249 g/mol. The highest BCUT2D eigenvalue weighted by Gasteiger charge is 2.26. The lowest BCUT2D eigenvalue weighted by atomic mass is 9.91. The van der Waals surface area contributed by atoms with Crippen LogP contribution in [0.5, 0.6) is 0 Å². The highest BCUT2D eigenvalue weighted by Crippen LogP contribution is 2.24. The second kappa shape index (κ2) is 5.82. The fourth-order valence-corrected chi connectivity index (χ4v) is 2.08. The van der Waals surface area contributed by atoms with Crippen LogP contribution >= 0.6 is 0 Å². The van der Waals surface area contributed by atoms with Crippen LogP contribution in [-0.4, -0.2) is 44.9 Å². The van der Waals surface area contributed by atoms with Gasteiger partial charge in [-0.15, -0.1) is 0 Å². The summed E-state index contributed by atoms with van der Waals surface area (Å²) in [4.78, 5) is 13.8. The Bertz CT molecular complexity index is 435. The van der Waals surface area contributed by atoms with Gasteiger partial charge in [-0.2, -0.15) is 5.10 Å². The summed E-state index contributed by atoms with van der Waals surface area (Å²) in [6, 6.07) is 2.16. The van der Waals surface area contributed by atoms with Crippen molar-refractivity contribution in [3.05, 3.63) is 24.0 Å². The molecule has 1 N–H and O–H groups in total. The highest BCUT2D eigenvalue weighted by atomic mass is 16.3. The summed E-state index contributed by atoms with van der Waals surface area (Å²) in [7, 11) is 1.83. The SMILES string of the molecule is Cn1nccc1/C=C/C(=O)N(CCO)C1CCC1. The second-order valence-corrected chi connectivity index (χ2v) is 4.55. The molecule has 0 atom stereocenters. The molecule has 0 spiro atoms. The second-order valence-electron chi connectivity index (χ2n) is 4.55. The molecule has 1 fully saturated rings. The molecule has 0 bridgehead atoms. The van der Waals surface area contributed by atoms with Gasteiger partial charge < -0.3 is 10.0 Å². The van der Waals surface area contributed by atoms with Crippen molar-refractivity contribution in [1.82, 2.24) is 14.7 Å². The van der Waals surface area contributed by atoms with Crippen LogP contribution in [0.1, 0.15) is 25.0 Å². The van der Waals surface area contributed by atoms with Crippen molar-refractivity contribution in [3.8, 4) is 0 Å². The summed E-state index contributed by atoms with van der Waals surface area (Å²) in [5, 5.41) is 13.1. The normalized spacial score (nSPS) is 15.9. The van der Waals surface area contributed by atoms with Crippen molar-refractivity contribution in [3.63, 3.8) is 0 Å². The Hall–Kier alpha value is -1.62. The molecule has 0 radical (unpaired) electrons. The Morgan fingerprint density at radius 1 is 1.67 bits per heavy atom. The van der Waals surface area contributed by atoms with E-state index in [1.54, 1.807) is 27.9 Å². The van der Waals surface area contributed by atoms with E-state index in [4.69, 9.17) is 5.11 Å². The zero-order valence-electron chi connectivity index (χ0n) is 10.6. The van der Waals surface area contributed by atoms with E-state index in [-0.39, 0.29) is 12.5 Å². The van der Waals surface area contributed by atoms with Crippen molar-refractivity contribution in [2.75, 3.05) is 13.2 Å². The molecule has 1 aliphatic carbocycles. The van der Waals surface area contributed by atoms with Crippen LogP contribution in [-0.2, 0) is 11.8 Å². The lowest BCUT2D eigenvalue weighted by Gasteiger charge is -2.36. The van der Waals surface area contributed by atoms with E-state index in [0.717, 1.165) is 18.5 Å². The molecule has 1 aliphatic rings. The molecule has 1 heterocycles. The average Bonchev–Trinajstić information content (AvgIpc) is 2.69. The monoisotopic (exact) mass is 249 g/mol. The van der Waals surface area contributed by atoms with E-state index in [2.05, 4.69) is 5.10 Å². The molecular formula is C13H19N3O2. The molecule has 1 aromatic heterocycles. The summed E-state index contributed by atoms with van der Waals surface area (Å²) in [6.07, 6.45) is 8.28. The number of carbonyl (C=O) groups is 1. The van der Waals surface area contributed by atoms with Gasteiger partial charge in [0.05, 0.1) is 12.3 Å². The van der Waals surface area contributed by atoms with Crippen molar-refractivity contribution in [2.24, 2.45) is 7.05 Å². The van der Waals surface area contributed by atoms with Gasteiger partial charge in [0.25, 0.3) is 0 Å². The molecule has 0 aliphatic heterocycles. The maximum atomic E-state index is 12.1. The number of nitrogens with zero attached hydrogens (tertiary/aromatic N) is 3. The number of aliphatic hydroxyl groups excluding tert-OH is 1. The predicted molar refractivity (Wildman–Crippen MR) is 68.7 cm³/mol. The third-order valence-corrected chi connectivity index (χ3v) is 3.39. The Labute approximate surface area is 107 Å². The van der Waals surface area contributed by atoms with E-state index in [0.29, 0.717) is 12.6 Å². The van der Waals surface area contributed by atoms with Gasteiger partial charge in [0.2, 0.25) is 5.91 Å². The molecule has 0 unspecified atom stereocenters. The van der Waals surface area contributed by atoms with Crippen molar-refractivity contribution in [1.29, 1.82) is 0 Å². The highest BCUT2D eigenvalue weighted by molar-refractivity contribution is 5.91. The number of carbonyl (C=O) groups excluding carboxylic acids is 1. The maximum absolute atomic E-state index is 12.1. The van der Waals surface area contributed by atoms with Crippen LogP contribution in [0.15, 0.2) is 18.3 Å². The van der Waals surface area contributed by atoms with E-state index < -0.39 is 0 Å². The number of aryl methyl sites for hydroxylation is 1. The molecule has 0 saturated heterocycles. The summed E-state index contributed by atoms with van der Waals surface area (Å²) in [5.41, 5.74) is 0.890. The van der Waals surface area contributed by atoms with Gasteiger partial charge in [0.1, 0.15) is 0 Å². The Morgan fingerprint density at radius 3 is 2.94 bits per heavy atom. The van der Waals surface area contributed by atoms with Gasteiger partial charge in [0, 0.05) is 31.9 Å². The van der Waals surface area contributed by atoms with Crippen LogP contribution in [0, 0.1) is 0 Å². The quantitative estimate of drug-likeness (QED) is 0.785. The zero-order chi connectivity index (χ0) is 13.0. The molecule has 0 aromatic carbocycles. The standard InChI is InChI=1S/C13H19N3O2/c1-15-11(7-8-14-15)5-6-13(18)16(9-10-17)12-3-2-4-12/h5-8,12,17H,2-4,9-10H2,1H3/b6-5+. The van der Waals surface area contributed by atoms with E-state index in [9.17, 15) is 4.79 Å². The van der Waals surface area contributed by atoms with Gasteiger partial charge in [-0.05, 0) is 31.4 Å². The number of amides is 1. The summed E-state index contributed by atoms with van der Waals surface area (Å²) in [5.74, 6) is -0.0325. The fourth-order valence-electron chi connectivity index (χ4n) is 2.08. The van der Waals surface area contributed by atoms with Crippen LogP contribution in [0.4, 0.5) is 0 Å². The van der Waals surface area contributed by atoms with Crippen molar-refractivity contribution in [2.45, 2.75) is 25.3 Å². The van der Waals surface area contributed by atoms with E-state index in [1.165, 1.54) is 6.42 Å². The van der Waals surface area contributed by atoms with Crippen LogP contribution < -0.4 is 0 Å². The van der Waals surface area contributed by atoms with E-state index >= 15 is 0 Å². The Kier molecular flexibility index (Phi) is 4.15. The van der Waals surface area contributed by atoms with Gasteiger partial charge in [-0.25, -0.2) is 0 Å². The van der Waals surface area contributed by atoms with Crippen LogP contribution in [0.2, 0.25) is 0 Å². The van der Waals surface area contributed by atoms with Gasteiger partial charge in [0.15, 0.2) is 0 Å². The maximum Gasteiger partial charge on any atom is 0.246 e. The lowest BCUT2D eigenvalue weighted by molar-refractivity contribution is -0.130. The van der Waals surface area contributed by atoms with Crippen LogP contribution in [0.25, 0.3) is 6.08 Å². The van der Waals surface area contributed by atoms with Gasteiger partial charge >= 0.3 is 0 Å². The van der Waals surface area contributed by atoms with E-state index in [1.807, 2.05) is 13.1 Å². The first-order chi connectivity index (χ1) is 8.72. The van der Waals surface area contributed by atoms with Crippen molar-refractivity contribution >= 4 is 12.0 Å². The fraction of sp³-hybridized carbons (Fsp3) is 0.538. The minimum absolute atomic E-state index is 0.0157. The third-order valence-electron chi connectivity index (χ3n) is 3.39. The molecule has 5 nitrogen and oxygen atoms in total. The predicted octanol–water partition coefficient (Wildman–Crippen LogP) is 0.807. The third kappa shape index (κ3) is 2.79. The summed E-state index contributed by atoms with van der Waals surface area (Å²) >= 11 is 0. The first-order valence-electron chi connectivity index (χ1n) is 6.30. The number of aliphatic hydroxyl groups is 1. The minimum atomic E-state index is -0.0325. The van der Waals surface area contributed by atoms with Crippen molar-refractivity contribution < 1.29 is 9.90 Å². The minimum Gasteiger partial charge on any atom is -0.395 e. The molecule has 2 rings (SSSR count). The lowest BCUT2D eigenvalue weighted by Crippen LogP contribution is -2.44. The first-order valence-corrected chi connectivity index (χ1v) is 6.30. The number of hydrogen-bond acceptors (Lipinski definition) is 3. The molecule has 5 heteroatoms. The molecule has 1 aromatic rings. The Morgan fingerprint density at radius 2 is 2.44 bits per heavy atom. The molecule has 1 amide bonds. The first kappa shape index (κ1) is 12.8. The zero-order valence-corrected chi connectivity index (χ0v) is 10.6. The summed E-state index contributed by atoms with van der Waals surface area (Å²) < 4.78 is 1.71.